The van der Waals surface area contributed by atoms with Gasteiger partial charge < -0.3 is 19.5 Å². The van der Waals surface area contributed by atoms with Crippen LogP contribution < -0.4 is 19.5 Å². The van der Waals surface area contributed by atoms with Crippen molar-refractivity contribution in [2.75, 3.05) is 6.79 Å². The Labute approximate surface area is 149 Å². The molecule has 6 heteroatoms. The van der Waals surface area contributed by atoms with Gasteiger partial charge in [-0.15, -0.1) is 0 Å². The molecule has 1 atom stereocenters. The van der Waals surface area contributed by atoms with E-state index in [0.717, 1.165) is 21.3 Å². The highest BCUT2D eigenvalue weighted by Gasteiger charge is 2.17. The lowest BCUT2D eigenvalue weighted by atomic mass is 10.2. The summed E-state index contributed by atoms with van der Waals surface area (Å²) in [5.41, 5.74) is 2.06. The number of fused-ring (bicyclic) bond motifs is 1. The largest absolute Gasteiger partial charge is 0.480 e. The number of halogens is 1. The number of nitrogens with one attached hydrogen (secondary N) is 1. The van der Waals surface area contributed by atoms with Crippen molar-refractivity contribution < 1.29 is 19.0 Å². The van der Waals surface area contributed by atoms with Gasteiger partial charge in [0.2, 0.25) is 6.79 Å². The normalized spacial score (nSPS) is 13.5. The summed E-state index contributed by atoms with van der Waals surface area (Å²) in [4.78, 5) is 12.2. The molecule has 0 spiro atoms. The molecule has 126 valence electrons. The van der Waals surface area contributed by atoms with Gasteiger partial charge in [0.05, 0.1) is 4.47 Å². The van der Waals surface area contributed by atoms with Gasteiger partial charge in [-0.25, -0.2) is 0 Å². The molecule has 1 unspecified atom stereocenters. The first kappa shape index (κ1) is 16.6. The lowest BCUT2D eigenvalue weighted by molar-refractivity contribution is -0.127. The summed E-state index contributed by atoms with van der Waals surface area (Å²) in [6.07, 6.45) is -0.599. The van der Waals surface area contributed by atoms with Gasteiger partial charge in [0, 0.05) is 6.54 Å². The summed E-state index contributed by atoms with van der Waals surface area (Å²) in [7, 11) is 0. The number of carbonyl (C=O) groups is 1. The average Bonchev–Trinajstić information content (AvgIpc) is 3.02. The quantitative estimate of drug-likeness (QED) is 0.846. The maximum Gasteiger partial charge on any atom is 0.261 e. The van der Waals surface area contributed by atoms with Crippen molar-refractivity contribution in [1.29, 1.82) is 0 Å². The molecule has 2 aromatic carbocycles. The molecular weight excluding hydrogens is 374 g/mol. The van der Waals surface area contributed by atoms with Gasteiger partial charge in [-0.05, 0) is 65.2 Å². The minimum atomic E-state index is -0.599. The first-order valence-corrected chi connectivity index (χ1v) is 8.41. The molecule has 1 aliphatic heterocycles. The Morgan fingerprint density at radius 2 is 2.04 bits per heavy atom. The Kier molecular flexibility index (Phi) is 4.94. The summed E-state index contributed by atoms with van der Waals surface area (Å²) >= 11 is 3.45. The first-order chi connectivity index (χ1) is 11.5. The van der Waals surface area contributed by atoms with Gasteiger partial charge in [0.15, 0.2) is 17.6 Å². The Hall–Kier alpha value is -2.21. The van der Waals surface area contributed by atoms with Crippen molar-refractivity contribution in [2.45, 2.75) is 26.5 Å². The molecule has 0 saturated carbocycles. The summed E-state index contributed by atoms with van der Waals surface area (Å²) in [6.45, 7) is 4.36. The van der Waals surface area contributed by atoms with Crippen molar-refractivity contribution >= 4 is 21.8 Å². The topological polar surface area (TPSA) is 56.8 Å². The van der Waals surface area contributed by atoms with Gasteiger partial charge in [0.25, 0.3) is 5.91 Å². The van der Waals surface area contributed by atoms with Crippen LogP contribution in [0.5, 0.6) is 17.2 Å². The first-order valence-electron chi connectivity index (χ1n) is 7.62. The van der Waals surface area contributed by atoms with Crippen LogP contribution in [-0.2, 0) is 11.3 Å². The Balaban J connectivity index is 1.56. The third-order valence-corrected chi connectivity index (χ3v) is 4.28. The van der Waals surface area contributed by atoms with Gasteiger partial charge in [0.1, 0.15) is 5.75 Å². The van der Waals surface area contributed by atoms with Crippen molar-refractivity contribution in [3.05, 3.63) is 52.0 Å². The van der Waals surface area contributed by atoms with Crippen LogP contribution in [0.15, 0.2) is 40.9 Å². The zero-order chi connectivity index (χ0) is 17.1. The standard InChI is InChI=1S/C18H18BrNO4/c1-11-3-5-15(14(19)7-11)24-12(2)18(21)20-9-13-4-6-16-17(8-13)23-10-22-16/h3-8,12H,9-10H2,1-2H3,(H,20,21). The second-order valence-corrected chi connectivity index (χ2v) is 6.45. The molecule has 0 saturated heterocycles. The fourth-order valence-electron chi connectivity index (χ4n) is 2.33. The number of hydrogen-bond acceptors (Lipinski definition) is 4. The van der Waals surface area contributed by atoms with Crippen molar-refractivity contribution in [2.24, 2.45) is 0 Å². The van der Waals surface area contributed by atoms with Crippen LogP contribution in [0.3, 0.4) is 0 Å². The van der Waals surface area contributed by atoms with E-state index in [2.05, 4.69) is 21.2 Å². The molecule has 0 bridgehead atoms. The number of carbonyl (C=O) groups excluding carboxylic acids is 1. The Morgan fingerprint density at radius 1 is 1.25 bits per heavy atom. The molecule has 0 radical (unpaired) electrons. The van der Waals surface area contributed by atoms with Crippen LogP contribution in [0, 0.1) is 6.92 Å². The molecule has 1 heterocycles. The maximum absolute atomic E-state index is 12.2. The molecule has 5 nitrogen and oxygen atoms in total. The highest BCUT2D eigenvalue weighted by Crippen LogP contribution is 2.32. The average molecular weight is 392 g/mol. The third kappa shape index (κ3) is 3.82. The molecule has 0 aliphatic carbocycles. The van der Waals surface area contributed by atoms with E-state index < -0.39 is 6.10 Å². The number of amides is 1. The number of hydrogen-bond donors (Lipinski definition) is 1. The smallest absolute Gasteiger partial charge is 0.261 e. The summed E-state index contributed by atoms with van der Waals surface area (Å²) in [6, 6.07) is 11.3. The number of aryl methyl sites for hydroxylation is 1. The third-order valence-electron chi connectivity index (χ3n) is 3.66. The van der Waals surface area contributed by atoms with Crippen molar-refractivity contribution in [1.82, 2.24) is 5.32 Å². The van der Waals surface area contributed by atoms with E-state index in [1.165, 1.54) is 0 Å². The van der Waals surface area contributed by atoms with E-state index in [9.17, 15) is 4.79 Å². The molecule has 1 aliphatic rings. The van der Waals surface area contributed by atoms with Crippen molar-refractivity contribution in [3.63, 3.8) is 0 Å². The summed E-state index contributed by atoms with van der Waals surface area (Å²) < 4.78 is 17.2. The maximum atomic E-state index is 12.2. The highest BCUT2D eigenvalue weighted by molar-refractivity contribution is 9.10. The minimum absolute atomic E-state index is 0.180. The van der Waals surface area contributed by atoms with Crippen molar-refractivity contribution in [3.8, 4) is 17.2 Å². The second-order valence-electron chi connectivity index (χ2n) is 5.60. The van der Waals surface area contributed by atoms with Crippen LogP contribution in [-0.4, -0.2) is 18.8 Å². The fraction of sp³-hybridized carbons (Fsp3) is 0.278. The lowest BCUT2D eigenvalue weighted by Gasteiger charge is -2.16. The molecule has 2 aromatic rings. The highest BCUT2D eigenvalue weighted by atomic mass is 79.9. The molecular formula is C18H18BrNO4. The predicted octanol–water partition coefficient (Wildman–Crippen LogP) is 3.57. The predicted molar refractivity (Wildman–Crippen MR) is 93.4 cm³/mol. The van der Waals surface area contributed by atoms with E-state index in [0.29, 0.717) is 18.0 Å². The fourth-order valence-corrected chi connectivity index (χ4v) is 2.92. The lowest BCUT2D eigenvalue weighted by Crippen LogP contribution is -2.35. The van der Waals surface area contributed by atoms with Gasteiger partial charge >= 0.3 is 0 Å². The van der Waals surface area contributed by atoms with E-state index >= 15 is 0 Å². The van der Waals surface area contributed by atoms with Crippen LogP contribution in [0.4, 0.5) is 0 Å². The molecule has 1 N–H and O–H groups in total. The molecule has 24 heavy (non-hydrogen) atoms. The van der Waals surface area contributed by atoms with E-state index in [1.807, 2.05) is 43.3 Å². The Bertz CT molecular complexity index is 763. The molecule has 3 rings (SSSR count). The number of benzene rings is 2. The van der Waals surface area contributed by atoms with E-state index in [1.54, 1.807) is 6.92 Å². The summed E-state index contributed by atoms with van der Waals surface area (Å²) in [5, 5.41) is 2.87. The minimum Gasteiger partial charge on any atom is -0.480 e. The number of rotatable bonds is 5. The zero-order valence-corrected chi connectivity index (χ0v) is 15.1. The van der Waals surface area contributed by atoms with E-state index in [-0.39, 0.29) is 12.7 Å². The summed E-state index contributed by atoms with van der Waals surface area (Å²) in [5.74, 6) is 1.90. The van der Waals surface area contributed by atoms with Crippen LogP contribution in [0.2, 0.25) is 0 Å². The van der Waals surface area contributed by atoms with Crippen LogP contribution >= 0.6 is 15.9 Å². The molecule has 0 aromatic heterocycles. The number of ether oxygens (including phenoxy) is 3. The van der Waals surface area contributed by atoms with E-state index in [4.69, 9.17) is 14.2 Å². The van der Waals surface area contributed by atoms with Gasteiger partial charge in [-0.1, -0.05) is 12.1 Å². The monoisotopic (exact) mass is 391 g/mol. The van der Waals surface area contributed by atoms with Gasteiger partial charge in [-0.2, -0.15) is 0 Å². The van der Waals surface area contributed by atoms with Crippen LogP contribution in [0.25, 0.3) is 0 Å². The van der Waals surface area contributed by atoms with Crippen LogP contribution in [0.1, 0.15) is 18.1 Å². The SMILES string of the molecule is Cc1ccc(OC(C)C(=O)NCc2ccc3c(c2)OCO3)c(Br)c1. The second kappa shape index (κ2) is 7.13. The zero-order valence-electron chi connectivity index (χ0n) is 13.5. The molecule has 1 amide bonds. The molecule has 0 fully saturated rings. The van der Waals surface area contributed by atoms with Gasteiger partial charge in [-0.3, -0.25) is 4.79 Å². The Morgan fingerprint density at radius 3 is 2.83 bits per heavy atom.